The van der Waals surface area contributed by atoms with Crippen molar-refractivity contribution in [3.05, 3.63) is 35.7 Å². The minimum atomic E-state index is -2.77. The van der Waals surface area contributed by atoms with Crippen LogP contribution in [0.5, 0.6) is 0 Å². The third-order valence-corrected chi connectivity index (χ3v) is 10.3. The molecule has 11 nitrogen and oxygen atoms in total. The van der Waals surface area contributed by atoms with Gasteiger partial charge in [-0.25, -0.2) is 4.79 Å². The van der Waals surface area contributed by atoms with Crippen molar-refractivity contribution in [3.63, 3.8) is 0 Å². The van der Waals surface area contributed by atoms with Crippen LogP contribution in [0.2, 0.25) is 18.6 Å². The summed E-state index contributed by atoms with van der Waals surface area (Å²) in [5.74, 6) is -0.449. The smallest absolute Gasteiger partial charge is 0.414 e. The van der Waals surface area contributed by atoms with Gasteiger partial charge in [0.2, 0.25) is 0 Å². The van der Waals surface area contributed by atoms with E-state index >= 15 is 0 Å². The van der Waals surface area contributed by atoms with Gasteiger partial charge in [0.05, 0.1) is 24.0 Å². The Kier molecular flexibility index (Phi) is 6.18. The van der Waals surface area contributed by atoms with E-state index in [-0.39, 0.29) is 30.1 Å². The summed E-state index contributed by atoms with van der Waals surface area (Å²) < 4.78 is 13.6. The van der Waals surface area contributed by atoms with Crippen molar-refractivity contribution in [2.75, 3.05) is 36.6 Å². The number of aryl methyl sites for hydroxylation is 1. The lowest BCUT2D eigenvalue weighted by Gasteiger charge is -2.32. The van der Waals surface area contributed by atoms with E-state index < -0.39 is 20.0 Å². The lowest BCUT2D eigenvalue weighted by Crippen LogP contribution is -2.45. The highest BCUT2D eigenvalue weighted by Crippen LogP contribution is 2.59. The minimum absolute atomic E-state index is 0.00299. The van der Waals surface area contributed by atoms with Crippen LogP contribution in [-0.4, -0.2) is 78.1 Å². The van der Waals surface area contributed by atoms with E-state index in [1.165, 1.54) is 0 Å². The van der Waals surface area contributed by atoms with E-state index in [1.54, 1.807) is 27.7 Å². The molecule has 36 heavy (non-hydrogen) atoms. The van der Waals surface area contributed by atoms with Gasteiger partial charge in [-0.05, 0) is 37.7 Å². The molecule has 0 aliphatic carbocycles. The molecule has 0 saturated carbocycles. The van der Waals surface area contributed by atoms with Crippen molar-refractivity contribution in [1.82, 2.24) is 15.0 Å². The molecule has 1 spiro atoms. The number of benzene rings is 1. The first kappa shape index (κ1) is 24.9. The molecule has 12 heteroatoms. The van der Waals surface area contributed by atoms with Crippen molar-refractivity contribution in [3.8, 4) is 0 Å². The molecule has 3 aliphatic rings. The third kappa shape index (κ3) is 3.83. The van der Waals surface area contributed by atoms with Crippen LogP contribution in [0.15, 0.2) is 24.4 Å². The molecule has 4 atom stereocenters. The molecule has 3 aliphatic heterocycles. The Balaban J connectivity index is 1.50. The number of cyclic esters (lactones) is 1. The zero-order chi connectivity index (χ0) is 25.8. The van der Waals surface area contributed by atoms with Gasteiger partial charge >= 0.3 is 6.09 Å². The summed E-state index contributed by atoms with van der Waals surface area (Å²) in [6.07, 6.45) is 1.99. The SMILES string of the molecule is C[C@@H]1[C@@H]([Si](C)(C)O)[C@H](CCn2cc(CCO)nn2)O[C@@]12C(=O)N(C)c1ccc(N3CCOC3=O)cc12. The second-order valence-corrected chi connectivity index (χ2v) is 14.4. The van der Waals surface area contributed by atoms with Crippen LogP contribution in [-0.2, 0) is 32.8 Å². The van der Waals surface area contributed by atoms with Crippen molar-refractivity contribution in [1.29, 1.82) is 0 Å². The summed E-state index contributed by atoms with van der Waals surface area (Å²) in [6, 6.07) is 5.53. The summed E-state index contributed by atoms with van der Waals surface area (Å²) in [5, 5.41) is 17.4. The molecule has 2 N–H and O–H groups in total. The highest BCUT2D eigenvalue weighted by Gasteiger charge is 2.65. The molecular formula is C24H33N5O6Si. The topological polar surface area (TPSA) is 130 Å². The van der Waals surface area contributed by atoms with Crippen molar-refractivity contribution in [2.45, 2.75) is 56.7 Å². The maximum atomic E-state index is 13.8. The van der Waals surface area contributed by atoms with Gasteiger partial charge < -0.3 is 24.3 Å². The van der Waals surface area contributed by atoms with Crippen LogP contribution in [0.1, 0.15) is 24.6 Å². The monoisotopic (exact) mass is 515 g/mol. The van der Waals surface area contributed by atoms with E-state index in [0.29, 0.717) is 43.9 Å². The molecule has 0 unspecified atom stereocenters. The van der Waals surface area contributed by atoms with Gasteiger partial charge in [-0.2, -0.15) is 0 Å². The number of aliphatic hydroxyl groups is 1. The van der Waals surface area contributed by atoms with Crippen LogP contribution in [0.3, 0.4) is 0 Å². The summed E-state index contributed by atoms with van der Waals surface area (Å²) in [4.78, 5) is 40.6. The summed E-state index contributed by atoms with van der Waals surface area (Å²) >= 11 is 0. The van der Waals surface area contributed by atoms with E-state index in [2.05, 4.69) is 10.3 Å². The van der Waals surface area contributed by atoms with Crippen molar-refractivity contribution >= 4 is 31.7 Å². The lowest BCUT2D eigenvalue weighted by atomic mass is 9.82. The standard InChI is InChI=1S/C24H33N5O6Si/c1-15-21(36(3,4)33)20(7-9-28-14-16(8-11-30)25-26-28)35-24(15)18-13-17(29-10-12-34-23(29)32)5-6-19(18)27(2)22(24)31/h5-6,13-15,20-21,30,33H,7-12H2,1-4H3/t15-,20+,21-,24+/m1/s1. The number of nitrogens with zero attached hydrogens (tertiary/aromatic N) is 5. The van der Waals surface area contributed by atoms with Gasteiger partial charge in [-0.3, -0.25) is 14.4 Å². The number of carbonyl (C=O) groups excluding carboxylic acids is 2. The molecule has 194 valence electrons. The summed E-state index contributed by atoms with van der Waals surface area (Å²) in [5.41, 5.74) is 1.37. The minimum Gasteiger partial charge on any atom is -0.447 e. The number of aromatic nitrogens is 3. The zero-order valence-corrected chi connectivity index (χ0v) is 22.0. The van der Waals surface area contributed by atoms with Crippen LogP contribution in [0.25, 0.3) is 0 Å². The second-order valence-electron chi connectivity index (χ2n) is 10.4. The van der Waals surface area contributed by atoms with E-state index in [0.717, 1.165) is 11.3 Å². The number of carbonyl (C=O) groups is 2. The van der Waals surface area contributed by atoms with Crippen LogP contribution < -0.4 is 9.80 Å². The Morgan fingerprint density at radius 1 is 1.28 bits per heavy atom. The fourth-order valence-corrected chi connectivity index (χ4v) is 8.78. The Labute approximate surface area is 210 Å². The number of amides is 2. The van der Waals surface area contributed by atoms with Crippen LogP contribution in [0.4, 0.5) is 16.2 Å². The molecule has 4 heterocycles. The molecule has 2 saturated heterocycles. The van der Waals surface area contributed by atoms with Crippen molar-refractivity contribution < 1.29 is 29.0 Å². The molecule has 1 aromatic carbocycles. The molecule has 2 aromatic rings. The lowest BCUT2D eigenvalue weighted by molar-refractivity contribution is -0.145. The molecule has 1 aromatic heterocycles. The number of ether oxygens (including phenoxy) is 2. The number of rotatable bonds is 7. The number of likely N-dealkylation sites (N-methyl/N-ethyl adjacent to an activating group) is 1. The number of hydrogen-bond donors (Lipinski definition) is 2. The quantitative estimate of drug-likeness (QED) is 0.532. The largest absolute Gasteiger partial charge is 0.447 e. The number of anilines is 2. The number of aliphatic hydroxyl groups excluding tert-OH is 1. The van der Waals surface area contributed by atoms with Gasteiger partial charge in [-0.15, -0.1) is 5.10 Å². The van der Waals surface area contributed by atoms with Gasteiger partial charge in [0.1, 0.15) is 6.61 Å². The summed E-state index contributed by atoms with van der Waals surface area (Å²) in [6.45, 7) is 7.04. The first-order valence-corrected chi connectivity index (χ1v) is 15.4. The van der Waals surface area contributed by atoms with Crippen LogP contribution >= 0.6 is 0 Å². The third-order valence-electron chi connectivity index (χ3n) is 7.77. The van der Waals surface area contributed by atoms with Gasteiger partial charge in [0.15, 0.2) is 13.9 Å². The predicted molar refractivity (Wildman–Crippen MR) is 133 cm³/mol. The Hall–Kier alpha value is -2.80. The fourth-order valence-electron chi connectivity index (χ4n) is 6.17. The first-order chi connectivity index (χ1) is 17.1. The molecule has 5 rings (SSSR count). The summed E-state index contributed by atoms with van der Waals surface area (Å²) in [7, 11) is -1.04. The van der Waals surface area contributed by atoms with Gasteiger partial charge in [-0.1, -0.05) is 12.1 Å². The Morgan fingerprint density at radius 3 is 2.72 bits per heavy atom. The van der Waals surface area contributed by atoms with E-state index in [9.17, 15) is 14.4 Å². The molecule has 2 amide bonds. The number of fused-ring (bicyclic) bond motifs is 2. The maximum Gasteiger partial charge on any atom is 0.414 e. The predicted octanol–water partition coefficient (Wildman–Crippen LogP) is 1.63. The van der Waals surface area contributed by atoms with Gasteiger partial charge in [0.25, 0.3) is 5.91 Å². The highest BCUT2D eigenvalue weighted by atomic mass is 28.4. The Morgan fingerprint density at radius 2 is 2.06 bits per heavy atom. The van der Waals surface area contributed by atoms with E-state index in [1.807, 2.05) is 38.2 Å². The average Bonchev–Trinajstić information content (AvgIpc) is 3.57. The fraction of sp³-hybridized carbons (Fsp3) is 0.583. The van der Waals surface area contributed by atoms with Crippen molar-refractivity contribution in [2.24, 2.45) is 5.92 Å². The average molecular weight is 516 g/mol. The molecule has 0 radical (unpaired) electrons. The number of hydrogen-bond acceptors (Lipinski definition) is 8. The van der Waals surface area contributed by atoms with E-state index in [4.69, 9.17) is 14.6 Å². The first-order valence-electron chi connectivity index (χ1n) is 12.3. The molecule has 0 bridgehead atoms. The second kappa shape index (κ2) is 8.94. The Bertz CT molecular complexity index is 1180. The highest BCUT2D eigenvalue weighted by molar-refractivity contribution is 6.71. The van der Waals surface area contributed by atoms with Gasteiger partial charge in [0, 0.05) is 55.5 Å². The molecule has 2 fully saturated rings. The zero-order valence-electron chi connectivity index (χ0n) is 21.0. The normalized spacial score (nSPS) is 27.9. The maximum absolute atomic E-state index is 13.8. The van der Waals surface area contributed by atoms with Crippen LogP contribution in [0, 0.1) is 5.92 Å². The molecular weight excluding hydrogens is 482 g/mol.